The second-order valence-corrected chi connectivity index (χ2v) is 5.75. The summed E-state index contributed by atoms with van der Waals surface area (Å²) >= 11 is 3.24. The molecule has 0 saturated heterocycles. The minimum atomic E-state index is -0.0304. The number of carbonyl (C=O) groups is 1. The number of rotatable bonds is 4. The molecule has 1 amide bonds. The zero-order valence-corrected chi connectivity index (χ0v) is 11.9. The largest absolute Gasteiger partial charge is 0.326 e. The van der Waals surface area contributed by atoms with Crippen LogP contribution in [0.1, 0.15) is 10.7 Å². The quantitative estimate of drug-likeness (QED) is 0.872. The van der Waals surface area contributed by atoms with Crippen molar-refractivity contribution in [1.82, 2.24) is 4.98 Å². The van der Waals surface area contributed by atoms with Crippen molar-refractivity contribution in [3.63, 3.8) is 0 Å². The Hall–Kier alpha value is -1.33. The first kappa shape index (κ1) is 13.1. The molecule has 1 N–H and O–H groups in total. The normalized spacial score (nSPS) is 10.3. The van der Waals surface area contributed by atoms with Crippen molar-refractivity contribution in [2.45, 2.75) is 18.2 Å². The summed E-state index contributed by atoms with van der Waals surface area (Å²) in [7, 11) is 0. The minimum absolute atomic E-state index is 0.0304. The van der Waals surface area contributed by atoms with Crippen molar-refractivity contribution in [3.05, 3.63) is 40.3 Å². The van der Waals surface area contributed by atoms with Crippen molar-refractivity contribution >= 4 is 34.7 Å². The molecule has 1 heterocycles. The summed E-state index contributed by atoms with van der Waals surface area (Å²) in [5, 5.41) is 5.78. The molecule has 0 unspecified atom stereocenters. The second-order valence-electron chi connectivity index (χ2n) is 3.81. The van der Waals surface area contributed by atoms with Gasteiger partial charge in [0.2, 0.25) is 5.91 Å². The van der Waals surface area contributed by atoms with Crippen LogP contribution in [0.5, 0.6) is 0 Å². The van der Waals surface area contributed by atoms with Gasteiger partial charge in [-0.05, 0) is 37.4 Å². The molecule has 0 aliphatic rings. The fourth-order valence-electron chi connectivity index (χ4n) is 1.53. The molecule has 0 aliphatic carbocycles. The lowest BCUT2D eigenvalue weighted by Gasteiger charge is -2.04. The molecular formula is C13H14N2OS2. The lowest BCUT2D eigenvalue weighted by atomic mass is 10.3. The summed E-state index contributed by atoms with van der Waals surface area (Å²) in [6.45, 7) is 1.94. The average Bonchev–Trinajstić information content (AvgIpc) is 2.75. The molecule has 2 aromatic rings. The average molecular weight is 278 g/mol. The molecule has 0 saturated carbocycles. The Morgan fingerprint density at radius 2 is 2.11 bits per heavy atom. The number of hydrogen-bond donors (Lipinski definition) is 1. The number of nitrogens with one attached hydrogen (secondary N) is 1. The highest BCUT2D eigenvalue weighted by atomic mass is 32.2. The number of nitrogens with zero attached hydrogens (tertiary/aromatic N) is 1. The SMILES string of the molecule is CSc1ccc(NC(=O)Cc2csc(C)n2)cc1. The van der Waals surface area contributed by atoms with Crippen molar-refractivity contribution < 1.29 is 4.79 Å². The number of thioether (sulfide) groups is 1. The number of anilines is 1. The Kier molecular flexibility index (Phi) is 4.38. The van der Waals surface area contributed by atoms with E-state index in [2.05, 4.69) is 10.3 Å². The lowest BCUT2D eigenvalue weighted by Crippen LogP contribution is -2.14. The summed E-state index contributed by atoms with van der Waals surface area (Å²) in [5.41, 5.74) is 1.65. The van der Waals surface area contributed by atoms with Gasteiger partial charge in [0.15, 0.2) is 0 Å². The molecule has 1 aromatic carbocycles. The molecule has 1 aromatic heterocycles. The monoisotopic (exact) mass is 278 g/mol. The molecule has 0 fully saturated rings. The number of amides is 1. The topological polar surface area (TPSA) is 42.0 Å². The molecule has 0 spiro atoms. The van der Waals surface area contributed by atoms with Gasteiger partial charge >= 0.3 is 0 Å². The Balaban J connectivity index is 1.94. The van der Waals surface area contributed by atoms with Gasteiger partial charge in [-0.25, -0.2) is 4.98 Å². The smallest absolute Gasteiger partial charge is 0.230 e. The highest BCUT2D eigenvalue weighted by Crippen LogP contribution is 2.17. The summed E-state index contributed by atoms with van der Waals surface area (Å²) in [6, 6.07) is 7.81. The van der Waals surface area contributed by atoms with Gasteiger partial charge in [-0.15, -0.1) is 23.1 Å². The van der Waals surface area contributed by atoms with Gasteiger partial charge in [0.25, 0.3) is 0 Å². The Morgan fingerprint density at radius 3 is 2.67 bits per heavy atom. The van der Waals surface area contributed by atoms with E-state index in [9.17, 15) is 4.79 Å². The number of hydrogen-bond acceptors (Lipinski definition) is 4. The van der Waals surface area contributed by atoms with Crippen molar-refractivity contribution in [2.24, 2.45) is 0 Å². The molecule has 3 nitrogen and oxygen atoms in total. The van der Waals surface area contributed by atoms with Gasteiger partial charge in [-0.3, -0.25) is 4.79 Å². The highest BCUT2D eigenvalue weighted by molar-refractivity contribution is 7.98. The zero-order valence-electron chi connectivity index (χ0n) is 10.3. The number of thiazole rings is 1. The van der Waals surface area contributed by atoms with Crippen LogP contribution in [0.15, 0.2) is 34.5 Å². The van der Waals surface area contributed by atoms with Gasteiger partial charge in [0.05, 0.1) is 17.1 Å². The maximum Gasteiger partial charge on any atom is 0.230 e. The van der Waals surface area contributed by atoms with E-state index in [0.717, 1.165) is 16.4 Å². The first-order valence-corrected chi connectivity index (χ1v) is 7.63. The second kappa shape index (κ2) is 6.02. The standard InChI is InChI=1S/C13H14N2OS2/c1-9-14-11(8-18-9)7-13(16)15-10-3-5-12(17-2)6-4-10/h3-6,8H,7H2,1-2H3,(H,15,16). The van der Waals surface area contributed by atoms with Crippen LogP contribution in [-0.2, 0) is 11.2 Å². The fraction of sp³-hybridized carbons (Fsp3) is 0.231. The van der Waals surface area contributed by atoms with E-state index in [4.69, 9.17) is 0 Å². The lowest BCUT2D eigenvalue weighted by molar-refractivity contribution is -0.115. The van der Waals surface area contributed by atoms with E-state index in [1.165, 1.54) is 4.90 Å². The third-order valence-corrected chi connectivity index (χ3v) is 3.95. The van der Waals surface area contributed by atoms with Crippen molar-refractivity contribution in [3.8, 4) is 0 Å². The number of aromatic nitrogens is 1. The first-order chi connectivity index (χ1) is 8.67. The van der Waals surface area contributed by atoms with E-state index >= 15 is 0 Å². The van der Waals surface area contributed by atoms with Crippen LogP contribution < -0.4 is 5.32 Å². The fourth-order valence-corrected chi connectivity index (χ4v) is 2.55. The minimum Gasteiger partial charge on any atom is -0.326 e. The van der Waals surface area contributed by atoms with Gasteiger partial charge in [-0.2, -0.15) is 0 Å². The van der Waals surface area contributed by atoms with E-state index in [1.807, 2.05) is 42.8 Å². The molecule has 0 atom stereocenters. The Morgan fingerprint density at radius 1 is 1.39 bits per heavy atom. The number of benzene rings is 1. The molecule has 18 heavy (non-hydrogen) atoms. The van der Waals surface area contributed by atoms with E-state index in [1.54, 1.807) is 23.1 Å². The molecule has 0 aliphatic heterocycles. The van der Waals surface area contributed by atoms with E-state index in [0.29, 0.717) is 6.42 Å². The maximum atomic E-state index is 11.8. The van der Waals surface area contributed by atoms with E-state index < -0.39 is 0 Å². The van der Waals surface area contributed by atoms with Crippen LogP contribution in [0.4, 0.5) is 5.69 Å². The Labute approximate surface area is 115 Å². The summed E-state index contributed by atoms with van der Waals surface area (Å²) < 4.78 is 0. The van der Waals surface area contributed by atoms with Gasteiger partial charge in [0, 0.05) is 16.0 Å². The van der Waals surface area contributed by atoms with Gasteiger partial charge in [0.1, 0.15) is 0 Å². The van der Waals surface area contributed by atoms with Crippen LogP contribution in [0.2, 0.25) is 0 Å². The molecule has 2 rings (SSSR count). The van der Waals surface area contributed by atoms with Crippen molar-refractivity contribution in [2.75, 3.05) is 11.6 Å². The van der Waals surface area contributed by atoms with Crippen LogP contribution >= 0.6 is 23.1 Å². The highest BCUT2D eigenvalue weighted by Gasteiger charge is 2.06. The van der Waals surface area contributed by atoms with Gasteiger partial charge in [-0.1, -0.05) is 0 Å². The molecular weight excluding hydrogens is 264 g/mol. The van der Waals surface area contributed by atoms with Crippen LogP contribution in [0.25, 0.3) is 0 Å². The van der Waals surface area contributed by atoms with Crippen LogP contribution in [-0.4, -0.2) is 17.1 Å². The molecule has 94 valence electrons. The maximum absolute atomic E-state index is 11.8. The third-order valence-electron chi connectivity index (χ3n) is 2.38. The zero-order chi connectivity index (χ0) is 13.0. The Bertz CT molecular complexity index is 534. The molecule has 0 radical (unpaired) electrons. The summed E-state index contributed by atoms with van der Waals surface area (Å²) in [4.78, 5) is 17.3. The van der Waals surface area contributed by atoms with Crippen LogP contribution in [0, 0.1) is 6.92 Å². The first-order valence-electron chi connectivity index (χ1n) is 5.52. The molecule has 5 heteroatoms. The third kappa shape index (κ3) is 3.58. The predicted octanol–water partition coefficient (Wildman–Crippen LogP) is 3.35. The summed E-state index contributed by atoms with van der Waals surface area (Å²) in [5.74, 6) is -0.0304. The summed E-state index contributed by atoms with van der Waals surface area (Å²) in [6.07, 6.45) is 2.35. The number of aryl methyl sites for hydroxylation is 1. The van der Waals surface area contributed by atoms with Gasteiger partial charge < -0.3 is 5.32 Å². The number of carbonyl (C=O) groups excluding carboxylic acids is 1. The molecule has 0 bridgehead atoms. The van der Waals surface area contributed by atoms with Crippen LogP contribution in [0.3, 0.4) is 0 Å². The van der Waals surface area contributed by atoms with Crippen molar-refractivity contribution in [1.29, 1.82) is 0 Å². The predicted molar refractivity (Wildman–Crippen MR) is 77.4 cm³/mol. The van der Waals surface area contributed by atoms with E-state index in [-0.39, 0.29) is 5.91 Å².